The minimum absolute atomic E-state index is 0.135. The highest BCUT2D eigenvalue weighted by Gasteiger charge is 2.54. The molecule has 0 aromatic carbocycles. The zero-order chi connectivity index (χ0) is 29.3. The second-order valence-corrected chi connectivity index (χ2v) is 20.7. The van der Waals surface area contributed by atoms with E-state index in [0.29, 0.717) is 63.9 Å². The monoisotopic (exact) mass is 532 g/mol. The van der Waals surface area contributed by atoms with Crippen molar-refractivity contribution in [3.05, 3.63) is 0 Å². The number of hydrogen-bond donors (Lipinski definition) is 0. The third kappa shape index (κ3) is 7.29. The first-order valence-corrected chi connectivity index (χ1v) is 17.8. The molecule has 8 atom stereocenters. The van der Waals surface area contributed by atoms with Crippen LogP contribution >= 0.6 is 0 Å². The van der Waals surface area contributed by atoms with Gasteiger partial charge in [0.1, 0.15) is 8.07 Å². The van der Waals surface area contributed by atoms with Crippen LogP contribution < -0.4 is 0 Å². The van der Waals surface area contributed by atoms with Gasteiger partial charge in [0.25, 0.3) is 0 Å². The molecule has 1 aliphatic rings. The molecule has 2 nitrogen and oxygen atoms in total. The highest BCUT2D eigenvalue weighted by Crippen LogP contribution is 2.46. The van der Waals surface area contributed by atoms with E-state index in [1.165, 1.54) is 0 Å². The minimum atomic E-state index is -1.68. The lowest BCUT2D eigenvalue weighted by Gasteiger charge is -2.39. The summed E-state index contributed by atoms with van der Waals surface area (Å²) in [7, 11) is -1.82. The van der Waals surface area contributed by atoms with Crippen LogP contribution in [0.15, 0.2) is 0 Å². The van der Waals surface area contributed by atoms with Crippen molar-refractivity contribution in [1.29, 1.82) is 0 Å². The van der Waals surface area contributed by atoms with Gasteiger partial charge in [-0.05, 0) is 85.6 Å². The van der Waals surface area contributed by atoms with E-state index in [4.69, 9.17) is 9.31 Å². The van der Waals surface area contributed by atoms with Gasteiger partial charge in [-0.3, -0.25) is 0 Å². The van der Waals surface area contributed by atoms with Crippen LogP contribution in [-0.2, 0) is 9.31 Å². The average Bonchev–Trinajstić information content (AvgIpc) is 3.01. The molecular formula is C33H65BO2Si. The zero-order valence-electron chi connectivity index (χ0n) is 28.2. The summed E-state index contributed by atoms with van der Waals surface area (Å²) in [6, 6.07) is 0. The molecule has 0 saturated carbocycles. The van der Waals surface area contributed by atoms with Crippen molar-refractivity contribution in [2.75, 3.05) is 0 Å². The van der Waals surface area contributed by atoms with Crippen LogP contribution in [0.4, 0.5) is 0 Å². The molecule has 216 valence electrons. The van der Waals surface area contributed by atoms with Gasteiger partial charge in [0.2, 0.25) is 0 Å². The third-order valence-corrected chi connectivity index (χ3v) is 18.2. The van der Waals surface area contributed by atoms with Crippen molar-refractivity contribution in [1.82, 2.24) is 0 Å². The fourth-order valence-electron chi connectivity index (χ4n) is 7.00. The Balaban J connectivity index is 2.97. The maximum Gasteiger partial charge on any atom is 0.461 e. The molecule has 1 rings (SSSR count). The van der Waals surface area contributed by atoms with Crippen LogP contribution in [0.1, 0.15) is 125 Å². The van der Waals surface area contributed by atoms with Crippen molar-refractivity contribution in [3.63, 3.8) is 0 Å². The smallest absolute Gasteiger partial charge is 0.403 e. The summed E-state index contributed by atoms with van der Waals surface area (Å²) in [6.45, 7) is 42.5. The number of rotatable bonds is 11. The molecule has 0 radical (unpaired) electrons. The van der Waals surface area contributed by atoms with Crippen molar-refractivity contribution in [2.45, 2.75) is 158 Å². The first kappa shape index (κ1) is 34.8. The molecule has 0 aromatic rings. The summed E-state index contributed by atoms with van der Waals surface area (Å²) >= 11 is 0. The van der Waals surface area contributed by atoms with E-state index >= 15 is 0 Å². The predicted octanol–water partition coefficient (Wildman–Crippen LogP) is 10.1. The van der Waals surface area contributed by atoms with E-state index in [0.717, 1.165) is 0 Å². The van der Waals surface area contributed by atoms with Gasteiger partial charge in [-0.15, -0.1) is 11.5 Å². The molecule has 0 bridgehead atoms. The van der Waals surface area contributed by atoms with Gasteiger partial charge in [-0.1, -0.05) is 96.9 Å². The van der Waals surface area contributed by atoms with Gasteiger partial charge < -0.3 is 9.31 Å². The molecule has 0 amide bonds. The number of hydrogen-bond acceptors (Lipinski definition) is 2. The maximum absolute atomic E-state index is 6.42. The van der Waals surface area contributed by atoms with Gasteiger partial charge >= 0.3 is 7.12 Å². The first-order valence-electron chi connectivity index (χ1n) is 15.5. The molecule has 0 aromatic heterocycles. The molecule has 4 heteroatoms. The lowest BCUT2D eigenvalue weighted by atomic mass is 9.59. The summed E-state index contributed by atoms with van der Waals surface area (Å²) < 4.78 is 12.8. The van der Waals surface area contributed by atoms with E-state index in [2.05, 4.69) is 136 Å². The fourth-order valence-corrected chi connectivity index (χ4v) is 12.3. The van der Waals surface area contributed by atoms with Crippen LogP contribution in [0.2, 0.25) is 22.4 Å². The Hall–Kier alpha value is -0.238. The van der Waals surface area contributed by atoms with Crippen LogP contribution in [-0.4, -0.2) is 26.4 Å². The Labute approximate surface area is 235 Å². The summed E-state index contributed by atoms with van der Waals surface area (Å²) in [4.78, 5) is 0. The van der Waals surface area contributed by atoms with Crippen molar-refractivity contribution in [3.8, 4) is 11.5 Å². The van der Waals surface area contributed by atoms with E-state index in [1.54, 1.807) is 0 Å². The van der Waals surface area contributed by atoms with E-state index in [9.17, 15) is 0 Å². The minimum Gasteiger partial charge on any atom is -0.403 e. The fraction of sp³-hybridized carbons (Fsp3) is 0.939. The SMILES string of the molecule is CC(C)[Si](C#C[C@@H](C)[C@H](C)[C@@H](C)[C@H](C)[C@@H](C)[C@H](C)[C@@H](C)[C@H](C)B1OC(C)(C)C(C)(C)O1)(C(C)C)C(C)C. The molecule has 1 saturated heterocycles. The van der Waals surface area contributed by atoms with Crippen LogP contribution in [0.3, 0.4) is 0 Å². The Kier molecular flexibility index (Phi) is 12.2. The summed E-state index contributed by atoms with van der Waals surface area (Å²) in [5.41, 5.74) is 5.52. The molecule has 0 unspecified atom stereocenters. The highest BCUT2D eigenvalue weighted by molar-refractivity contribution is 6.90. The molecule has 0 N–H and O–H groups in total. The largest absolute Gasteiger partial charge is 0.461 e. The molecule has 0 spiro atoms. The second-order valence-electron chi connectivity index (χ2n) is 15.1. The Morgan fingerprint density at radius 2 is 0.838 bits per heavy atom. The first-order chi connectivity index (χ1) is 16.7. The molecule has 37 heavy (non-hydrogen) atoms. The highest BCUT2D eigenvalue weighted by atomic mass is 28.3. The standard InChI is InChI=1S/C33H65BO2Si/c1-21(2)37(22(3)4,23(5)6)20-19-24(7)25(8)26(9)27(10)28(11)29(12)30(13)31(14)34-35-32(15,16)33(17,18)36-34/h21-31H,1-18H3/t24-,25+,26-,27+,28-,29+,30-,31+/m1/s1. The van der Waals surface area contributed by atoms with E-state index in [1.807, 2.05) is 0 Å². The zero-order valence-corrected chi connectivity index (χ0v) is 29.2. The Morgan fingerprint density at radius 1 is 0.514 bits per heavy atom. The topological polar surface area (TPSA) is 18.5 Å². The van der Waals surface area contributed by atoms with Crippen LogP contribution in [0.5, 0.6) is 0 Å². The van der Waals surface area contributed by atoms with Gasteiger partial charge in [0.05, 0.1) is 11.2 Å². The summed E-state index contributed by atoms with van der Waals surface area (Å²) in [5, 5.41) is 0. The molecule has 0 aliphatic carbocycles. The Morgan fingerprint density at radius 3 is 1.19 bits per heavy atom. The third-order valence-electron chi connectivity index (χ3n) is 11.8. The average molecular weight is 533 g/mol. The Bertz CT molecular complexity index is 739. The van der Waals surface area contributed by atoms with Crippen molar-refractivity contribution >= 4 is 15.2 Å². The van der Waals surface area contributed by atoms with Gasteiger partial charge in [0, 0.05) is 5.92 Å². The van der Waals surface area contributed by atoms with Crippen molar-refractivity contribution in [2.24, 2.45) is 41.4 Å². The van der Waals surface area contributed by atoms with Gasteiger partial charge in [-0.25, -0.2) is 0 Å². The quantitative estimate of drug-likeness (QED) is 0.195. The molecule has 1 aliphatic heterocycles. The maximum atomic E-state index is 6.42. The second kappa shape index (κ2) is 13.0. The molecule has 1 fully saturated rings. The molecule has 1 heterocycles. The van der Waals surface area contributed by atoms with E-state index in [-0.39, 0.29) is 18.3 Å². The van der Waals surface area contributed by atoms with Crippen LogP contribution in [0.25, 0.3) is 0 Å². The van der Waals surface area contributed by atoms with Gasteiger partial charge in [0.15, 0.2) is 0 Å². The lowest BCUT2D eigenvalue weighted by molar-refractivity contribution is 0.00578. The summed E-state index contributed by atoms with van der Waals surface area (Å²) in [5.74, 6) is 8.16. The predicted molar refractivity (Wildman–Crippen MR) is 168 cm³/mol. The van der Waals surface area contributed by atoms with E-state index < -0.39 is 8.07 Å². The van der Waals surface area contributed by atoms with Crippen LogP contribution in [0, 0.1) is 52.9 Å². The summed E-state index contributed by atoms with van der Waals surface area (Å²) in [6.07, 6.45) is 0. The van der Waals surface area contributed by atoms with Crippen molar-refractivity contribution < 1.29 is 9.31 Å². The molecular weight excluding hydrogens is 467 g/mol. The van der Waals surface area contributed by atoms with Gasteiger partial charge in [-0.2, -0.15) is 0 Å². The normalized spacial score (nSPS) is 24.3. The lowest BCUT2D eigenvalue weighted by Crippen LogP contribution is -2.43.